The van der Waals surface area contributed by atoms with Gasteiger partial charge in [-0.1, -0.05) is 0 Å². The SMILES string of the molecule is COC(=O)c1ccc(N2CCCC(CO)C2)nn1. The van der Waals surface area contributed by atoms with E-state index in [9.17, 15) is 9.90 Å². The van der Waals surface area contributed by atoms with Gasteiger partial charge >= 0.3 is 5.97 Å². The summed E-state index contributed by atoms with van der Waals surface area (Å²) in [6.45, 7) is 1.88. The molecule has 1 fully saturated rings. The second kappa shape index (κ2) is 5.77. The number of ether oxygens (including phenoxy) is 1. The maximum atomic E-state index is 11.2. The third kappa shape index (κ3) is 2.76. The highest BCUT2D eigenvalue weighted by atomic mass is 16.5. The van der Waals surface area contributed by atoms with Gasteiger partial charge in [-0.15, -0.1) is 10.2 Å². The fraction of sp³-hybridized carbons (Fsp3) is 0.583. The minimum atomic E-state index is -0.485. The van der Waals surface area contributed by atoms with Crippen molar-refractivity contribution < 1.29 is 14.6 Å². The molecule has 1 unspecified atom stereocenters. The van der Waals surface area contributed by atoms with E-state index in [0.29, 0.717) is 5.92 Å². The number of carbonyl (C=O) groups is 1. The zero-order valence-electron chi connectivity index (χ0n) is 10.4. The molecule has 1 N–H and O–H groups in total. The van der Waals surface area contributed by atoms with Gasteiger partial charge in [-0.3, -0.25) is 0 Å². The number of esters is 1. The van der Waals surface area contributed by atoms with Crippen LogP contribution in [0.3, 0.4) is 0 Å². The third-order valence-corrected chi connectivity index (χ3v) is 3.15. The molecule has 0 aromatic carbocycles. The van der Waals surface area contributed by atoms with Crippen molar-refractivity contribution in [3.8, 4) is 0 Å². The number of anilines is 1. The zero-order chi connectivity index (χ0) is 13.0. The van der Waals surface area contributed by atoms with Gasteiger partial charge in [0.1, 0.15) is 0 Å². The highest BCUT2D eigenvalue weighted by Gasteiger charge is 2.20. The van der Waals surface area contributed by atoms with Crippen LogP contribution in [0.15, 0.2) is 12.1 Å². The maximum absolute atomic E-state index is 11.2. The van der Waals surface area contributed by atoms with Crippen molar-refractivity contribution in [2.45, 2.75) is 12.8 Å². The van der Waals surface area contributed by atoms with Gasteiger partial charge in [-0.05, 0) is 30.9 Å². The molecule has 0 spiro atoms. The summed E-state index contributed by atoms with van der Waals surface area (Å²) in [5.41, 5.74) is 0.206. The van der Waals surface area contributed by atoms with Crippen LogP contribution < -0.4 is 4.90 Å². The molecule has 1 atom stereocenters. The first-order valence-electron chi connectivity index (χ1n) is 6.02. The van der Waals surface area contributed by atoms with E-state index in [1.807, 2.05) is 0 Å². The Hall–Kier alpha value is -1.69. The van der Waals surface area contributed by atoms with Crippen LogP contribution in [0.4, 0.5) is 5.82 Å². The topological polar surface area (TPSA) is 75.5 Å². The van der Waals surface area contributed by atoms with Gasteiger partial charge in [0, 0.05) is 19.7 Å². The van der Waals surface area contributed by atoms with Gasteiger partial charge in [0.25, 0.3) is 0 Å². The molecule has 6 heteroatoms. The average Bonchev–Trinajstić information content (AvgIpc) is 2.46. The molecule has 6 nitrogen and oxygen atoms in total. The van der Waals surface area contributed by atoms with Gasteiger partial charge in [-0.2, -0.15) is 0 Å². The van der Waals surface area contributed by atoms with E-state index in [1.54, 1.807) is 12.1 Å². The second-order valence-corrected chi connectivity index (χ2v) is 4.41. The molecule has 1 aromatic rings. The molecule has 0 saturated carbocycles. The van der Waals surface area contributed by atoms with Crippen molar-refractivity contribution in [3.05, 3.63) is 17.8 Å². The van der Waals surface area contributed by atoms with Crippen LogP contribution in [-0.4, -0.2) is 48.1 Å². The molecule has 18 heavy (non-hydrogen) atoms. The van der Waals surface area contributed by atoms with E-state index < -0.39 is 5.97 Å². The minimum absolute atomic E-state index is 0.199. The van der Waals surface area contributed by atoms with E-state index in [2.05, 4.69) is 19.8 Å². The van der Waals surface area contributed by atoms with E-state index in [0.717, 1.165) is 31.7 Å². The lowest BCUT2D eigenvalue weighted by atomic mass is 9.99. The minimum Gasteiger partial charge on any atom is -0.464 e. The number of nitrogens with zero attached hydrogens (tertiary/aromatic N) is 3. The quantitative estimate of drug-likeness (QED) is 0.787. The Balaban J connectivity index is 2.07. The van der Waals surface area contributed by atoms with Crippen LogP contribution in [-0.2, 0) is 4.74 Å². The summed E-state index contributed by atoms with van der Waals surface area (Å²) in [5, 5.41) is 17.1. The predicted molar refractivity (Wildman–Crippen MR) is 65.4 cm³/mol. The van der Waals surface area contributed by atoms with E-state index in [4.69, 9.17) is 0 Å². The van der Waals surface area contributed by atoms with Crippen LogP contribution in [0.5, 0.6) is 0 Å². The Morgan fingerprint density at radius 3 is 3.00 bits per heavy atom. The molecule has 98 valence electrons. The highest BCUT2D eigenvalue weighted by molar-refractivity contribution is 5.86. The van der Waals surface area contributed by atoms with E-state index in [1.165, 1.54) is 7.11 Å². The number of carbonyl (C=O) groups excluding carboxylic acids is 1. The lowest BCUT2D eigenvalue weighted by Crippen LogP contribution is -2.37. The molecule has 1 aromatic heterocycles. The molecular formula is C12H17N3O3. The molecule has 1 saturated heterocycles. The Labute approximate surface area is 106 Å². The number of aliphatic hydroxyl groups is 1. The lowest BCUT2D eigenvalue weighted by Gasteiger charge is -2.32. The first kappa shape index (κ1) is 12.8. The molecule has 0 aliphatic carbocycles. The Morgan fingerprint density at radius 1 is 1.56 bits per heavy atom. The number of aliphatic hydroxyl groups excluding tert-OH is 1. The van der Waals surface area contributed by atoms with Gasteiger partial charge in [0.05, 0.1) is 7.11 Å². The van der Waals surface area contributed by atoms with Gasteiger partial charge < -0.3 is 14.7 Å². The zero-order valence-corrected chi connectivity index (χ0v) is 10.4. The van der Waals surface area contributed by atoms with Gasteiger partial charge in [0.2, 0.25) is 0 Å². The number of rotatable bonds is 3. The van der Waals surface area contributed by atoms with Crippen LogP contribution in [0.1, 0.15) is 23.3 Å². The molecule has 0 bridgehead atoms. The second-order valence-electron chi connectivity index (χ2n) is 4.41. The van der Waals surface area contributed by atoms with Crippen LogP contribution in [0.2, 0.25) is 0 Å². The summed E-state index contributed by atoms with van der Waals surface area (Å²) >= 11 is 0. The first-order chi connectivity index (χ1) is 8.74. The molecular weight excluding hydrogens is 234 g/mol. The highest BCUT2D eigenvalue weighted by Crippen LogP contribution is 2.20. The average molecular weight is 251 g/mol. The van der Waals surface area contributed by atoms with Crippen LogP contribution in [0.25, 0.3) is 0 Å². The number of aromatic nitrogens is 2. The summed E-state index contributed by atoms with van der Waals surface area (Å²) in [7, 11) is 1.31. The number of methoxy groups -OCH3 is 1. The molecule has 1 aliphatic rings. The van der Waals surface area contributed by atoms with Crippen molar-refractivity contribution >= 4 is 11.8 Å². The number of piperidine rings is 1. The lowest BCUT2D eigenvalue weighted by molar-refractivity contribution is 0.0592. The summed E-state index contributed by atoms with van der Waals surface area (Å²) in [6.07, 6.45) is 2.08. The summed E-state index contributed by atoms with van der Waals surface area (Å²) in [4.78, 5) is 13.3. The molecule has 0 radical (unpaired) electrons. The largest absolute Gasteiger partial charge is 0.464 e. The first-order valence-corrected chi connectivity index (χ1v) is 6.02. The Bertz CT molecular complexity index is 408. The fourth-order valence-corrected chi connectivity index (χ4v) is 2.13. The van der Waals surface area contributed by atoms with Crippen LogP contribution >= 0.6 is 0 Å². The Kier molecular flexibility index (Phi) is 4.09. The van der Waals surface area contributed by atoms with Crippen molar-refractivity contribution in [2.24, 2.45) is 5.92 Å². The van der Waals surface area contributed by atoms with Crippen molar-refractivity contribution in [2.75, 3.05) is 31.7 Å². The third-order valence-electron chi connectivity index (χ3n) is 3.15. The van der Waals surface area contributed by atoms with Crippen LogP contribution in [0, 0.1) is 5.92 Å². The predicted octanol–water partition coefficient (Wildman–Crippen LogP) is 0.472. The summed E-state index contributed by atoms with van der Waals surface area (Å²) < 4.78 is 4.57. The number of hydrogen-bond donors (Lipinski definition) is 1. The van der Waals surface area contributed by atoms with Crippen molar-refractivity contribution in [3.63, 3.8) is 0 Å². The maximum Gasteiger partial charge on any atom is 0.358 e. The van der Waals surface area contributed by atoms with Crippen molar-refractivity contribution in [1.82, 2.24) is 10.2 Å². The normalized spacial score (nSPS) is 19.7. The molecule has 2 heterocycles. The van der Waals surface area contributed by atoms with E-state index >= 15 is 0 Å². The molecule has 2 rings (SSSR count). The fourth-order valence-electron chi connectivity index (χ4n) is 2.13. The molecule has 0 amide bonds. The van der Waals surface area contributed by atoms with Crippen molar-refractivity contribution in [1.29, 1.82) is 0 Å². The summed E-state index contributed by atoms with van der Waals surface area (Å²) in [6, 6.07) is 3.37. The molecule has 1 aliphatic heterocycles. The van der Waals surface area contributed by atoms with E-state index in [-0.39, 0.29) is 12.3 Å². The smallest absolute Gasteiger partial charge is 0.358 e. The Morgan fingerprint density at radius 2 is 2.39 bits per heavy atom. The van der Waals surface area contributed by atoms with Gasteiger partial charge in [0.15, 0.2) is 11.5 Å². The van der Waals surface area contributed by atoms with Gasteiger partial charge in [-0.25, -0.2) is 4.79 Å². The standard InChI is InChI=1S/C12H17N3O3/c1-18-12(17)10-4-5-11(14-13-10)15-6-2-3-9(7-15)8-16/h4-5,9,16H,2-3,6-8H2,1H3. The monoisotopic (exact) mass is 251 g/mol. The number of hydrogen-bond acceptors (Lipinski definition) is 6. The summed E-state index contributed by atoms with van der Waals surface area (Å²) in [5.74, 6) is 0.544.